The predicted molar refractivity (Wildman–Crippen MR) is 134 cm³/mol. The molecule has 1 heterocycles. The minimum atomic E-state index is -1.23. The highest BCUT2D eigenvalue weighted by Crippen LogP contribution is 2.42. The lowest BCUT2D eigenvalue weighted by atomic mass is 9.73. The molecule has 0 bridgehead atoms. The van der Waals surface area contributed by atoms with Crippen LogP contribution in [0.25, 0.3) is 0 Å². The second-order valence-corrected chi connectivity index (χ2v) is 10.7. The zero-order valence-corrected chi connectivity index (χ0v) is 21.4. The van der Waals surface area contributed by atoms with E-state index in [0.717, 1.165) is 51.2 Å². The van der Waals surface area contributed by atoms with E-state index in [-0.39, 0.29) is 10.9 Å². The summed E-state index contributed by atoms with van der Waals surface area (Å²) >= 11 is 6.15. The maximum atomic E-state index is 15.2. The normalized spacial score (nSPS) is 23.4. The van der Waals surface area contributed by atoms with Gasteiger partial charge in [-0.3, -0.25) is 4.90 Å². The summed E-state index contributed by atoms with van der Waals surface area (Å²) in [7, 11) is 3.72. The first kappa shape index (κ1) is 26.9. The topological polar surface area (TPSA) is 44.7 Å². The van der Waals surface area contributed by atoms with Gasteiger partial charge in [0.25, 0.3) is 0 Å². The SMILES string of the molecule is CNCC(CC1CCCCC1)N1CCCC(C(O)(CCCCOC)c2cccc(Cl)c2F)C1. The van der Waals surface area contributed by atoms with Gasteiger partial charge in [0.05, 0.1) is 10.6 Å². The van der Waals surface area contributed by atoms with Gasteiger partial charge in [0.1, 0.15) is 5.82 Å². The summed E-state index contributed by atoms with van der Waals surface area (Å²) in [5, 5.41) is 15.6. The summed E-state index contributed by atoms with van der Waals surface area (Å²) in [6.07, 6.45) is 12.1. The average Bonchev–Trinajstić information content (AvgIpc) is 2.84. The van der Waals surface area contributed by atoms with Gasteiger partial charge in [0.15, 0.2) is 0 Å². The van der Waals surface area contributed by atoms with Gasteiger partial charge in [-0.05, 0) is 64.1 Å². The van der Waals surface area contributed by atoms with E-state index in [1.54, 1.807) is 25.3 Å². The molecule has 1 saturated carbocycles. The van der Waals surface area contributed by atoms with Crippen molar-refractivity contribution >= 4 is 11.6 Å². The predicted octanol–water partition coefficient (Wildman–Crippen LogP) is 5.75. The minimum absolute atomic E-state index is 0.0209. The lowest BCUT2D eigenvalue weighted by molar-refractivity contribution is -0.0711. The van der Waals surface area contributed by atoms with Crippen molar-refractivity contribution in [2.24, 2.45) is 11.8 Å². The Balaban J connectivity index is 1.79. The van der Waals surface area contributed by atoms with Crippen LogP contribution >= 0.6 is 11.6 Å². The molecule has 6 heteroatoms. The second-order valence-electron chi connectivity index (χ2n) is 10.3. The molecule has 0 amide bonds. The highest BCUT2D eigenvalue weighted by molar-refractivity contribution is 6.30. The lowest BCUT2D eigenvalue weighted by Crippen LogP contribution is -2.52. The van der Waals surface area contributed by atoms with Crippen LogP contribution in [-0.4, -0.2) is 56.4 Å². The number of piperidine rings is 1. The first-order chi connectivity index (χ1) is 16.0. The number of aliphatic hydroxyl groups is 1. The van der Waals surface area contributed by atoms with Gasteiger partial charge in [-0.25, -0.2) is 4.39 Å². The molecule has 0 aromatic heterocycles. The molecule has 3 atom stereocenters. The first-order valence-electron chi connectivity index (χ1n) is 13.0. The number of hydrogen-bond donors (Lipinski definition) is 2. The van der Waals surface area contributed by atoms with Gasteiger partial charge in [-0.2, -0.15) is 0 Å². The number of nitrogens with one attached hydrogen (secondary N) is 1. The Morgan fingerprint density at radius 1 is 1.21 bits per heavy atom. The number of unbranched alkanes of at least 4 members (excludes halogenated alkanes) is 1. The number of likely N-dealkylation sites (tertiary alicyclic amines) is 1. The summed E-state index contributed by atoms with van der Waals surface area (Å²) in [4.78, 5) is 2.57. The molecular formula is C27H44ClFN2O2. The molecule has 1 aliphatic carbocycles. The van der Waals surface area contributed by atoms with Gasteiger partial charge in [0, 0.05) is 44.3 Å². The van der Waals surface area contributed by atoms with E-state index in [9.17, 15) is 5.11 Å². The van der Waals surface area contributed by atoms with E-state index in [1.165, 1.54) is 38.5 Å². The van der Waals surface area contributed by atoms with Crippen molar-refractivity contribution in [2.75, 3.05) is 40.4 Å². The Morgan fingerprint density at radius 2 is 2.00 bits per heavy atom. The number of hydrogen-bond acceptors (Lipinski definition) is 4. The Bertz CT molecular complexity index is 715. The summed E-state index contributed by atoms with van der Waals surface area (Å²) in [5.41, 5.74) is -0.868. The van der Waals surface area contributed by atoms with Crippen LogP contribution in [-0.2, 0) is 10.3 Å². The van der Waals surface area contributed by atoms with Gasteiger partial charge in [0.2, 0.25) is 0 Å². The van der Waals surface area contributed by atoms with Crippen LogP contribution in [0.15, 0.2) is 18.2 Å². The van der Waals surface area contributed by atoms with E-state index in [4.69, 9.17) is 16.3 Å². The van der Waals surface area contributed by atoms with Gasteiger partial charge in [-0.15, -0.1) is 0 Å². The number of likely N-dealkylation sites (N-methyl/N-ethyl adjacent to an activating group) is 1. The number of rotatable bonds is 12. The molecule has 2 N–H and O–H groups in total. The third kappa shape index (κ3) is 7.14. The van der Waals surface area contributed by atoms with Crippen LogP contribution in [0, 0.1) is 17.7 Å². The highest BCUT2D eigenvalue weighted by atomic mass is 35.5. The maximum Gasteiger partial charge on any atom is 0.147 e. The van der Waals surface area contributed by atoms with Crippen molar-refractivity contribution in [3.63, 3.8) is 0 Å². The maximum absolute atomic E-state index is 15.2. The smallest absolute Gasteiger partial charge is 0.147 e. The molecule has 0 radical (unpaired) electrons. The minimum Gasteiger partial charge on any atom is -0.385 e. The van der Waals surface area contributed by atoms with E-state index in [0.29, 0.717) is 24.6 Å². The van der Waals surface area contributed by atoms with E-state index in [2.05, 4.69) is 10.2 Å². The first-order valence-corrected chi connectivity index (χ1v) is 13.4. The Morgan fingerprint density at radius 3 is 2.73 bits per heavy atom. The second kappa shape index (κ2) is 13.4. The van der Waals surface area contributed by atoms with Crippen molar-refractivity contribution in [1.29, 1.82) is 0 Å². The zero-order chi connectivity index (χ0) is 23.7. The molecule has 2 fully saturated rings. The number of nitrogens with zero attached hydrogens (tertiary/aromatic N) is 1. The summed E-state index contributed by atoms with van der Waals surface area (Å²) < 4.78 is 20.4. The summed E-state index contributed by atoms with van der Waals surface area (Å²) in [6, 6.07) is 5.51. The Kier molecular flexibility index (Phi) is 10.9. The molecule has 188 valence electrons. The molecule has 0 spiro atoms. The van der Waals surface area contributed by atoms with Crippen LogP contribution in [0.4, 0.5) is 4.39 Å². The lowest BCUT2D eigenvalue weighted by Gasteiger charge is -2.46. The van der Waals surface area contributed by atoms with Crippen molar-refractivity contribution in [2.45, 2.75) is 82.3 Å². The third-order valence-corrected chi connectivity index (χ3v) is 8.28. The van der Waals surface area contributed by atoms with Crippen LogP contribution in [0.2, 0.25) is 5.02 Å². The van der Waals surface area contributed by atoms with E-state index < -0.39 is 11.4 Å². The molecule has 3 unspecified atom stereocenters. The number of benzene rings is 1. The van der Waals surface area contributed by atoms with Crippen molar-refractivity contribution in [3.05, 3.63) is 34.6 Å². The fourth-order valence-electron chi connectivity index (χ4n) is 6.17. The average molecular weight is 483 g/mol. The van der Waals surface area contributed by atoms with Crippen LogP contribution < -0.4 is 5.32 Å². The molecule has 4 nitrogen and oxygen atoms in total. The van der Waals surface area contributed by atoms with Crippen LogP contribution in [0.1, 0.15) is 76.2 Å². The molecule has 2 aliphatic rings. The van der Waals surface area contributed by atoms with Crippen molar-refractivity contribution in [1.82, 2.24) is 10.2 Å². The number of halogens is 2. The monoisotopic (exact) mass is 482 g/mol. The van der Waals surface area contributed by atoms with Crippen molar-refractivity contribution < 1.29 is 14.2 Å². The van der Waals surface area contributed by atoms with Crippen LogP contribution in [0.3, 0.4) is 0 Å². The zero-order valence-electron chi connectivity index (χ0n) is 20.6. The molecule has 1 aromatic carbocycles. The standard InChI is InChI=1S/C27H44ClFN2O2/c1-30-19-23(18-21-10-4-3-5-11-21)31-16-9-12-22(20-31)27(32,15-6-7-17-33-2)24-13-8-14-25(28)26(24)29/h8,13-14,21-23,30,32H,3-7,9-12,15-20H2,1-2H3. The number of methoxy groups -OCH3 is 1. The van der Waals surface area contributed by atoms with Gasteiger partial charge >= 0.3 is 0 Å². The Hall–Kier alpha value is -0.720. The van der Waals surface area contributed by atoms with Gasteiger partial charge in [-0.1, -0.05) is 55.8 Å². The largest absolute Gasteiger partial charge is 0.385 e. The molecular weight excluding hydrogens is 439 g/mol. The fraction of sp³-hybridized carbons (Fsp3) is 0.778. The van der Waals surface area contributed by atoms with Crippen LogP contribution in [0.5, 0.6) is 0 Å². The fourth-order valence-corrected chi connectivity index (χ4v) is 6.34. The summed E-state index contributed by atoms with van der Waals surface area (Å²) in [6.45, 7) is 3.46. The quantitative estimate of drug-likeness (QED) is 0.372. The van der Waals surface area contributed by atoms with E-state index >= 15 is 4.39 Å². The third-order valence-electron chi connectivity index (χ3n) is 7.99. The molecule has 1 aliphatic heterocycles. The van der Waals surface area contributed by atoms with Gasteiger partial charge < -0.3 is 15.2 Å². The summed E-state index contributed by atoms with van der Waals surface area (Å²) in [5.74, 6) is 0.308. The van der Waals surface area contributed by atoms with E-state index in [1.807, 2.05) is 7.05 Å². The number of ether oxygens (including phenoxy) is 1. The van der Waals surface area contributed by atoms with Crippen molar-refractivity contribution in [3.8, 4) is 0 Å². The molecule has 3 rings (SSSR count). The highest BCUT2D eigenvalue weighted by Gasteiger charge is 2.43. The molecule has 1 saturated heterocycles. The molecule has 33 heavy (non-hydrogen) atoms. The Labute approximate surface area is 205 Å². The molecule has 1 aromatic rings.